The van der Waals surface area contributed by atoms with E-state index < -0.39 is 0 Å². The fourth-order valence-electron chi connectivity index (χ4n) is 2.60. The van der Waals surface area contributed by atoms with Crippen molar-refractivity contribution in [3.05, 3.63) is 15.6 Å². The fourth-order valence-corrected chi connectivity index (χ4v) is 3.99. The molecule has 1 fully saturated rings. The fraction of sp³-hybridized carbons (Fsp3) is 0.769. The molecule has 0 aromatic carbocycles. The van der Waals surface area contributed by atoms with Crippen LogP contribution in [0.5, 0.6) is 0 Å². The summed E-state index contributed by atoms with van der Waals surface area (Å²) in [6, 6.07) is 0. The predicted molar refractivity (Wildman–Crippen MR) is 71.4 cm³/mol. The first kappa shape index (κ1) is 13.0. The Hall–Kier alpha value is -0.450. The molecule has 0 unspecified atom stereocenters. The lowest BCUT2D eigenvalue weighted by molar-refractivity contribution is -0.00895. The van der Waals surface area contributed by atoms with Crippen LogP contribution in [-0.4, -0.2) is 19.1 Å². The van der Waals surface area contributed by atoms with Gasteiger partial charge in [0.1, 0.15) is 10.6 Å². The molecule has 0 amide bonds. The SMILES string of the molecule is CCc1nc(C2(OC)CCCC2)sc1CNC. The summed E-state index contributed by atoms with van der Waals surface area (Å²) in [5.41, 5.74) is 1.16. The van der Waals surface area contributed by atoms with E-state index in [1.54, 1.807) is 0 Å². The molecule has 0 atom stereocenters. The van der Waals surface area contributed by atoms with Crippen LogP contribution >= 0.6 is 11.3 Å². The van der Waals surface area contributed by atoms with Gasteiger partial charge < -0.3 is 10.1 Å². The normalized spacial score (nSPS) is 18.8. The summed E-state index contributed by atoms with van der Waals surface area (Å²) in [6.45, 7) is 3.09. The van der Waals surface area contributed by atoms with Gasteiger partial charge >= 0.3 is 0 Å². The Labute approximate surface area is 108 Å². The smallest absolute Gasteiger partial charge is 0.125 e. The zero-order valence-corrected chi connectivity index (χ0v) is 11.8. The maximum Gasteiger partial charge on any atom is 0.125 e. The van der Waals surface area contributed by atoms with Crippen molar-refractivity contribution in [2.75, 3.05) is 14.2 Å². The maximum absolute atomic E-state index is 5.80. The molecule has 1 heterocycles. The van der Waals surface area contributed by atoms with Crippen LogP contribution in [0.2, 0.25) is 0 Å². The molecule has 1 aromatic heterocycles. The van der Waals surface area contributed by atoms with Gasteiger partial charge in [0.15, 0.2) is 0 Å². The van der Waals surface area contributed by atoms with Gasteiger partial charge in [-0.25, -0.2) is 4.98 Å². The molecule has 0 aliphatic heterocycles. The number of methoxy groups -OCH3 is 1. The second-order valence-electron chi connectivity index (χ2n) is 4.68. The van der Waals surface area contributed by atoms with Crippen molar-refractivity contribution in [3.8, 4) is 0 Å². The Balaban J connectivity index is 2.31. The molecule has 1 saturated carbocycles. The number of nitrogens with one attached hydrogen (secondary N) is 1. The van der Waals surface area contributed by atoms with E-state index in [9.17, 15) is 0 Å². The van der Waals surface area contributed by atoms with Gasteiger partial charge in [-0.2, -0.15) is 0 Å². The summed E-state index contributed by atoms with van der Waals surface area (Å²) in [7, 11) is 3.82. The molecule has 4 heteroatoms. The molecule has 17 heavy (non-hydrogen) atoms. The van der Waals surface area contributed by atoms with Crippen LogP contribution < -0.4 is 5.32 Å². The van der Waals surface area contributed by atoms with Crippen molar-refractivity contribution >= 4 is 11.3 Å². The largest absolute Gasteiger partial charge is 0.371 e. The minimum absolute atomic E-state index is 0.0828. The van der Waals surface area contributed by atoms with E-state index in [0.717, 1.165) is 25.8 Å². The lowest BCUT2D eigenvalue weighted by Gasteiger charge is -2.24. The highest BCUT2D eigenvalue weighted by atomic mass is 32.1. The van der Waals surface area contributed by atoms with Crippen LogP contribution in [0, 0.1) is 0 Å². The van der Waals surface area contributed by atoms with Crippen LogP contribution in [-0.2, 0) is 23.3 Å². The molecule has 0 saturated heterocycles. The third-order valence-electron chi connectivity index (χ3n) is 3.64. The van der Waals surface area contributed by atoms with Crippen molar-refractivity contribution in [2.45, 2.75) is 51.2 Å². The molecule has 3 nitrogen and oxygen atoms in total. The quantitative estimate of drug-likeness (QED) is 0.877. The highest BCUT2D eigenvalue weighted by molar-refractivity contribution is 7.11. The third-order valence-corrected chi connectivity index (χ3v) is 4.93. The molecule has 96 valence electrons. The van der Waals surface area contributed by atoms with E-state index >= 15 is 0 Å². The Morgan fingerprint density at radius 3 is 2.65 bits per heavy atom. The number of hydrogen-bond acceptors (Lipinski definition) is 4. The third kappa shape index (κ3) is 2.39. The Morgan fingerprint density at radius 1 is 1.41 bits per heavy atom. The number of aromatic nitrogens is 1. The molecule has 1 aromatic rings. The Kier molecular flexibility index (Phi) is 4.17. The molecule has 1 N–H and O–H groups in total. The zero-order chi connectivity index (χ0) is 12.3. The summed E-state index contributed by atoms with van der Waals surface area (Å²) in [4.78, 5) is 6.19. The number of aryl methyl sites for hydroxylation is 1. The summed E-state index contributed by atoms with van der Waals surface area (Å²) in [6.07, 6.45) is 5.78. The van der Waals surface area contributed by atoms with Gasteiger partial charge in [-0.05, 0) is 26.3 Å². The lowest BCUT2D eigenvalue weighted by Crippen LogP contribution is -2.24. The van der Waals surface area contributed by atoms with Gasteiger partial charge in [0.2, 0.25) is 0 Å². The summed E-state index contributed by atoms with van der Waals surface area (Å²) in [5, 5.41) is 4.42. The monoisotopic (exact) mass is 254 g/mol. The molecular weight excluding hydrogens is 232 g/mol. The number of ether oxygens (including phenoxy) is 1. The number of rotatable bonds is 5. The van der Waals surface area contributed by atoms with Crippen LogP contribution in [0.4, 0.5) is 0 Å². The minimum atomic E-state index is -0.0828. The van der Waals surface area contributed by atoms with Gasteiger partial charge in [-0.1, -0.05) is 19.8 Å². The molecule has 1 aliphatic carbocycles. The van der Waals surface area contributed by atoms with Crippen molar-refractivity contribution < 1.29 is 4.74 Å². The van der Waals surface area contributed by atoms with Gasteiger partial charge in [0.05, 0.1) is 5.69 Å². The topological polar surface area (TPSA) is 34.1 Å². The first-order valence-corrected chi connectivity index (χ1v) is 7.26. The van der Waals surface area contributed by atoms with Gasteiger partial charge in [0, 0.05) is 18.5 Å². The average Bonchev–Trinajstić information content (AvgIpc) is 2.96. The van der Waals surface area contributed by atoms with Crippen molar-refractivity contribution in [3.63, 3.8) is 0 Å². The number of nitrogens with zero attached hydrogens (tertiary/aromatic N) is 1. The van der Waals surface area contributed by atoms with Crippen LogP contribution in [0.3, 0.4) is 0 Å². The number of hydrogen-bond donors (Lipinski definition) is 1. The summed E-state index contributed by atoms with van der Waals surface area (Å²) < 4.78 is 5.80. The van der Waals surface area contributed by atoms with Crippen LogP contribution in [0.25, 0.3) is 0 Å². The van der Waals surface area contributed by atoms with Crippen LogP contribution in [0.1, 0.15) is 48.2 Å². The second kappa shape index (κ2) is 5.46. The highest BCUT2D eigenvalue weighted by Crippen LogP contribution is 2.43. The van der Waals surface area contributed by atoms with E-state index in [-0.39, 0.29) is 5.60 Å². The second-order valence-corrected chi connectivity index (χ2v) is 5.76. The van der Waals surface area contributed by atoms with Crippen molar-refractivity contribution in [1.29, 1.82) is 0 Å². The zero-order valence-electron chi connectivity index (χ0n) is 11.0. The first-order valence-electron chi connectivity index (χ1n) is 6.44. The molecule has 0 bridgehead atoms. The Morgan fingerprint density at radius 2 is 2.12 bits per heavy atom. The number of thiazole rings is 1. The van der Waals surface area contributed by atoms with Crippen LogP contribution in [0.15, 0.2) is 0 Å². The van der Waals surface area contributed by atoms with Crippen molar-refractivity contribution in [2.24, 2.45) is 0 Å². The molecule has 0 spiro atoms. The van der Waals surface area contributed by atoms with Gasteiger partial charge in [0.25, 0.3) is 0 Å². The highest BCUT2D eigenvalue weighted by Gasteiger charge is 2.38. The minimum Gasteiger partial charge on any atom is -0.371 e. The van der Waals surface area contributed by atoms with Gasteiger partial charge in [-0.15, -0.1) is 11.3 Å². The van der Waals surface area contributed by atoms with E-state index in [2.05, 4.69) is 12.2 Å². The lowest BCUT2D eigenvalue weighted by atomic mass is 10.0. The molecular formula is C13H22N2OS. The molecule has 1 aliphatic rings. The predicted octanol–water partition coefficient (Wildman–Crippen LogP) is 2.84. The Bertz CT molecular complexity index is 369. The molecule has 0 radical (unpaired) electrons. The van der Waals surface area contributed by atoms with E-state index in [4.69, 9.17) is 9.72 Å². The maximum atomic E-state index is 5.80. The van der Waals surface area contributed by atoms with Gasteiger partial charge in [-0.3, -0.25) is 0 Å². The van der Waals surface area contributed by atoms with E-state index in [1.165, 1.54) is 28.4 Å². The van der Waals surface area contributed by atoms with E-state index in [1.807, 2.05) is 25.5 Å². The average molecular weight is 254 g/mol. The summed E-state index contributed by atoms with van der Waals surface area (Å²) >= 11 is 1.83. The standard InChI is InChI=1S/C13H22N2OS/c1-4-10-11(9-14-2)17-12(15-10)13(16-3)7-5-6-8-13/h14H,4-9H2,1-3H3. The van der Waals surface area contributed by atoms with E-state index in [0.29, 0.717) is 0 Å². The first-order chi connectivity index (χ1) is 8.25. The van der Waals surface area contributed by atoms with Crippen molar-refractivity contribution in [1.82, 2.24) is 10.3 Å². The molecule has 2 rings (SSSR count). The summed E-state index contributed by atoms with van der Waals surface area (Å²) in [5.74, 6) is 0.